The Morgan fingerprint density at radius 1 is 1.27 bits per heavy atom. The summed E-state index contributed by atoms with van der Waals surface area (Å²) in [6.45, 7) is 0. The van der Waals surface area contributed by atoms with Crippen LogP contribution in [0.5, 0.6) is 11.5 Å². The fourth-order valence-corrected chi connectivity index (χ4v) is 2.10. The van der Waals surface area contributed by atoms with Crippen LogP contribution in [0.25, 0.3) is 6.08 Å². The molecule has 0 fully saturated rings. The van der Waals surface area contributed by atoms with Crippen LogP contribution in [0, 0.1) is 11.3 Å². The minimum Gasteiger partial charge on any atom is -0.504 e. The maximum atomic E-state index is 12.7. The van der Waals surface area contributed by atoms with Gasteiger partial charge < -0.3 is 15.2 Å². The van der Waals surface area contributed by atoms with E-state index in [2.05, 4.69) is 5.32 Å². The van der Waals surface area contributed by atoms with Crippen LogP contribution in [0.4, 0.5) is 18.9 Å². The van der Waals surface area contributed by atoms with Crippen LogP contribution in [0.15, 0.2) is 48.0 Å². The fraction of sp³-hybridized carbons (Fsp3) is 0.111. The minimum absolute atomic E-state index is 0.110. The summed E-state index contributed by atoms with van der Waals surface area (Å²) in [5, 5.41) is 21.4. The van der Waals surface area contributed by atoms with Crippen LogP contribution in [-0.2, 0) is 11.0 Å². The van der Waals surface area contributed by atoms with Crippen molar-refractivity contribution in [2.75, 3.05) is 12.4 Å². The van der Waals surface area contributed by atoms with Crippen molar-refractivity contribution in [1.29, 1.82) is 5.26 Å². The molecule has 0 spiro atoms. The molecule has 0 unspecified atom stereocenters. The van der Waals surface area contributed by atoms with E-state index in [0.717, 1.165) is 24.3 Å². The monoisotopic (exact) mass is 362 g/mol. The summed E-state index contributed by atoms with van der Waals surface area (Å²) in [5.41, 5.74) is -1.28. The predicted octanol–water partition coefficient (Wildman–Crippen LogP) is 3.97. The third-order valence-electron chi connectivity index (χ3n) is 3.36. The lowest BCUT2D eigenvalue weighted by molar-refractivity contribution is -0.137. The van der Waals surface area contributed by atoms with Crippen molar-refractivity contribution in [3.8, 4) is 17.6 Å². The lowest BCUT2D eigenvalue weighted by Crippen LogP contribution is -2.14. The molecule has 0 aromatic heterocycles. The van der Waals surface area contributed by atoms with Gasteiger partial charge in [0, 0.05) is 11.3 Å². The molecular weight excluding hydrogens is 349 g/mol. The number of nitrogens with zero attached hydrogens (tertiary/aromatic N) is 1. The van der Waals surface area contributed by atoms with Crippen LogP contribution in [-0.4, -0.2) is 18.1 Å². The molecule has 8 heteroatoms. The molecule has 0 heterocycles. The summed E-state index contributed by atoms with van der Waals surface area (Å²) >= 11 is 0. The highest BCUT2D eigenvalue weighted by molar-refractivity contribution is 6.09. The second-order valence-corrected chi connectivity index (χ2v) is 5.10. The van der Waals surface area contributed by atoms with E-state index in [-0.39, 0.29) is 22.7 Å². The number of phenolic OH excluding ortho intramolecular Hbond substituents is 1. The molecule has 0 aliphatic rings. The van der Waals surface area contributed by atoms with E-state index < -0.39 is 23.2 Å². The number of carbonyl (C=O) groups is 1. The first-order valence-electron chi connectivity index (χ1n) is 7.22. The van der Waals surface area contributed by atoms with Gasteiger partial charge in [-0.2, -0.15) is 18.4 Å². The van der Waals surface area contributed by atoms with Gasteiger partial charge in [-0.25, -0.2) is 0 Å². The topological polar surface area (TPSA) is 82.3 Å². The van der Waals surface area contributed by atoms with Crippen LogP contribution in [0.1, 0.15) is 11.1 Å². The smallest absolute Gasteiger partial charge is 0.416 e. The molecule has 0 radical (unpaired) electrons. The lowest BCUT2D eigenvalue weighted by Gasteiger charge is -2.10. The number of ether oxygens (including phenoxy) is 1. The quantitative estimate of drug-likeness (QED) is 0.637. The van der Waals surface area contributed by atoms with Crippen LogP contribution >= 0.6 is 0 Å². The van der Waals surface area contributed by atoms with Gasteiger partial charge in [-0.1, -0.05) is 18.2 Å². The lowest BCUT2D eigenvalue weighted by atomic mass is 10.1. The van der Waals surface area contributed by atoms with Crippen LogP contribution in [0.2, 0.25) is 0 Å². The predicted molar refractivity (Wildman–Crippen MR) is 88.3 cm³/mol. The number of para-hydroxylation sites is 1. The number of methoxy groups -OCH3 is 1. The third kappa shape index (κ3) is 4.33. The number of hydrogen-bond donors (Lipinski definition) is 2. The molecule has 2 aromatic rings. The van der Waals surface area contributed by atoms with Gasteiger partial charge in [-0.3, -0.25) is 4.79 Å². The number of benzene rings is 2. The first-order valence-corrected chi connectivity index (χ1v) is 7.22. The van der Waals surface area contributed by atoms with Crippen molar-refractivity contribution >= 4 is 17.7 Å². The summed E-state index contributed by atoms with van der Waals surface area (Å²) in [4.78, 5) is 12.2. The molecule has 0 saturated heterocycles. The molecule has 5 nitrogen and oxygen atoms in total. The van der Waals surface area contributed by atoms with E-state index in [0.29, 0.717) is 0 Å². The standard InChI is InChI=1S/C18H13F3N2O3/c1-26-15-7-2-4-11(16(15)24)8-12(10-22)17(25)23-14-6-3-5-13(9-14)18(19,20)21/h2-9,24H,1H3,(H,23,25)/b12-8+. The van der Waals surface area contributed by atoms with E-state index in [1.165, 1.54) is 25.3 Å². The average molecular weight is 362 g/mol. The van der Waals surface area contributed by atoms with Gasteiger partial charge in [0.15, 0.2) is 11.5 Å². The highest BCUT2D eigenvalue weighted by Crippen LogP contribution is 2.32. The molecule has 1 amide bonds. The Balaban J connectivity index is 2.29. The Bertz CT molecular complexity index is 899. The Kier molecular flexibility index (Phi) is 5.52. The largest absolute Gasteiger partial charge is 0.504 e. The second kappa shape index (κ2) is 7.61. The van der Waals surface area contributed by atoms with Gasteiger partial charge in [0.1, 0.15) is 11.6 Å². The number of nitrogens with one attached hydrogen (secondary N) is 1. The van der Waals surface area contributed by atoms with E-state index in [1.807, 2.05) is 0 Å². The van der Waals surface area contributed by atoms with Crippen molar-refractivity contribution in [2.45, 2.75) is 6.18 Å². The first kappa shape index (κ1) is 18.9. The summed E-state index contributed by atoms with van der Waals surface area (Å²) in [5.74, 6) is -1.03. The van der Waals surface area contributed by atoms with Crippen molar-refractivity contribution in [3.05, 3.63) is 59.2 Å². The highest BCUT2D eigenvalue weighted by Gasteiger charge is 2.30. The number of hydrogen-bond acceptors (Lipinski definition) is 4. The maximum absolute atomic E-state index is 12.7. The van der Waals surface area contributed by atoms with Gasteiger partial charge in [0.2, 0.25) is 0 Å². The zero-order chi connectivity index (χ0) is 19.3. The Morgan fingerprint density at radius 3 is 2.58 bits per heavy atom. The van der Waals surface area contributed by atoms with Gasteiger partial charge in [0.05, 0.1) is 12.7 Å². The number of alkyl halides is 3. The zero-order valence-corrected chi connectivity index (χ0v) is 13.5. The van der Waals surface area contributed by atoms with Crippen LogP contribution < -0.4 is 10.1 Å². The Labute approximate surface area is 146 Å². The van der Waals surface area contributed by atoms with Gasteiger partial charge in [0.25, 0.3) is 5.91 Å². The number of carbonyl (C=O) groups excluding carboxylic acids is 1. The molecule has 0 saturated carbocycles. The second-order valence-electron chi connectivity index (χ2n) is 5.10. The molecule has 0 bridgehead atoms. The zero-order valence-electron chi connectivity index (χ0n) is 13.5. The molecule has 0 aliphatic carbocycles. The van der Waals surface area contributed by atoms with E-state index in [9.17, 15) is 23.1 Å². The maximum Gasteiger partial charge on any atom is 0.416 e. The molecule has 2 rings (SSSR count). The minimum atomic E-state index is -4.55. The number of nitriles is 1. The van der Waals surface area contributed by atoms with Gasteiger partial charge >= 0.3 is 6.18 Å². The van der Waals surface area contributed by atoms with Crippen molar-refractivity contribution in [1.82, 2.24) is 0 Å². The molecule has 0 atom stereocenters. The Morgan fingerprint density at radius 2 is 1.96 bits per heavy atom. The van der Waals surface area contributed by atoms with E-state index in [4.69, 9.17) is 10.00 Å². The number of aromatic hydroxyl groups is 1. The van der Waals surface area contributed by atoms with Crippen molar-refractivity contribution in [3.63, 3.8) is 0 Å². The molecule has 26 heavy (non-hydrogen) atoms. The highest BCUT2D eigenvalue weighted by atomic mass is 19.4. The normalized spacial score (nSPS) is 11.6. The number of phenols is 1. The summed E-state index contributed by atoms with van der Waals surface area (Å²) in [7, 11) is 1.34. The van der Waals surface area contributed by atoms with Gasteiger partial charge in [-0.05, 0) is 30.3 Å². The number of anilines is 1. The number of amides is 1. The SMILES string of the molecule is COc1cccc(/C=C(\C#N)C(=O)Nc2cccc(C(F)(F)F)c2)c1O. The summed E-state index contributed by atoms with van der Waals surface area (Å²) in [6.07, 6.45) is -3.44. The summed E-state index contributed by atoms with van der Waals surface area (Å²) < 4.78 is 43.1. The molecule has 0 aliphatic heterocycles. The van der Waals surface area contributed by atoms with Gasteiger partial charge in [-0.15, -0.1) is 0 Å². The summed E-state index contributed by atoms with van der Waals surface area (Å²) in [6, 6.07) is 10.2. The third-order valence-corrected chi connectivity index (χ3v) is 3.36. The number of halogens is 3. The number of rotatable bonds is 4. The molecular formula is C18H13F3N2O3. The Hall–Kier alpha value is -3.47. The molecule has 2 N–H and O–H groups in total. The first-order chi connectivity index (χ1) is 12.3. The fourth-order valence-electron chi connectivity index (χ4n) is 2.10. The van der Waals surface area contributed by atoms with E-state index in [1.54, 1.807) is 12.1 Å². The van der Waals surface area contributed by atoms with Crippen LogP contribution in [0.3, 0.4) is 0 Å². The average Bonchev–Trinajstić information content (AvgIpc) is 2.60. The molecule has 2 aromatic carbocycles. The molecule has 134 valence electrons. The van der Waals surface area contributed by atoms with Crippen molar-refractivity contribution in [2.24, 2.45) is 0 Å². The van der Waals surface area contributed by atoms with Crippen molar-refractivity contribution < 1.29 is 27.8 Å². The van der Waals surface area contributed by atoms with E-state index >= 15 is 0 Å².